The summed E-state index contributed by atoms with van der Waals surface area (Å²) in [5.74, 6) is 0.348. The minimum Gasteiger partial charge on any atom is -0.457 e. The van der Waals surface area contributed by atoms with Gasteiger partial charge in [0.2, 0.25) is 5.78 Å². The van der Waals surface area contributed by atoms with Gasteiger partial charge in [0.1, 0.15) is 11.5 Å². The zero-order chi connectivity index (χ0) is 13.8. The average Bonchev–Trinajstić information content (AvgIpc) is 3.05. The molecule has 2 aromatic heterocycles. The van der Waals surface area contributed by atoms with Crippen molar-refractivity contribution in [2.75, 3.05) is 14.1 Å². The highest BCUT2D eigenvalue weighted by Crippen LogP contribution is 2.22. The molecule has 0 bridgehead atoms. The molecule has 0 aliphatic carbocycles. The number of carbonyl (C=O) groups excluding carboxylic acids is 1. The second kappa shape index (κ2) is 5.81. The molecule has 0 aliphatic heterocycles. The summed E-state index contributed by atoms with van der Waals surface area (Å²) in [7, 11) is 3.57. The average molecular weight is 278 g/mol. The first kappa shape index (κ1) is 13.5. The van der Waals surface area contributed by atoms with Crippen LogP contribution in [0.2, 0.25) is 0 Å². The van der Waals surface area contributed by atoms with E-state index in [4.69, 9.17) is 4.42 Å². The molecule has 19 heavy (non-hydrogen) atoms. The number of nitrogens with zero attached hydrogens (tertiary/aromatic N) is 2. The Balaban J connectivity index is 2.12. The lowest BCUT2D eigenvalue weighted by molar-refractivity contribution is 0.0707. The number of rotatable bonds is 5. The minimum atomic E-state index is -1.28. The van der Waals surface area contributed by atoms with Gasteiger partial charge in [-0.3, -0.25) is 4.79 Å². The van der Waals surface area contributed by atoms with Crippen molar-refractivity contribution in [3.8, 4) is 0 Å². The van der Waals surface area contributed by atoms with Crippen molar-refractivity contribution >= 4 is 23.3 Å². The lowest BCUT2D eigenvalue weighted by Crippen LogP contribution is -2.09. The molecule has 1 N–H and O–H groups in total. The zero-order valence-electron chi connectivity index (χ0n) is 10.6. The lowest BCUT2D eigenvalue weighted by atomic mass is 10.1. The van der Waals surface area contributed by atoms with Crippen LogP contribution in [0.5, 0.6) is 0 Å². The van der Waals surface area contributed by atoms with E-state index in [0.717, 1.165) is 0 Å². The van der Waals surface area contributed by atoms with E-state index in [-0.39, 0.29) is 11.5 Å². The third-order valence-corrected chi connectivity index (χ3v) is 3.23. The standard InChI is InChI=1S/C13H14N2O3S/c1-15(2)14-8-9-5-6-10(18-9)12(16)13(17)11-4-3-7-19-11/h3-8,12,16H,1-2H3/b14-8+. The fourth-order valence-electron chi connectivity index (χ4n) is 1.44. The number of carbonyl (C=O) groups is 1. The number of hydrazone groups is 1. The molecule has 0 aromatic carbocycles. The van der Waals surface area contributed by atoms with Gasteiger partial charge in [-0.05, 0) is 23.6 Å². The Morgan fingerprint density at radius 2 is 2.26 bits per heavy atom. The third-order valence-electron chi connectivity index (χ3n) is 2.35. The number of ketones is 1. The fraction of sp³-hybridized carbons (Fsp3) is 0.231. The highest BCUT2D eigenvalue weighted by Gasteiger charge is 2.23. The maximum absolute atomic E-state index is 11.9. The van der Waals surface area contributed by atoms with Gasteiger partial charge in [0.25, 0.3) is 0 Å². The predicted molar refractivity (Wildman–Crippen MR) is 73.6 cm³/mol. The third kappa shape index (κ3) is 3.30. The summed E-state index contributed by atoms with van der Waals surface area (Å²) in [4.78, 5) is 12.4. The predicted octanol–water partition coefficient (Wildman–Crippen LogP) is 2.15. The van der Waals surface area contributed by atoms with E-state index in [2.05, 4.69) is 5.10 Å². The quantitative estimate of drug-likeness (QED) is 0.517. The van der Waals surface area contributed by atoms with E-state index in [0.29, 0.717) is 10.6 Å². The molecule has 6 heteroatoms. The molecule has 100 valence electrons. The highest BCUT2D eigenvalue weighted by molar-refractivity contribution is 7.12. The summed E-state index contributed by atoms with van der Waals surface area (Å²) < 4.78 is 5.37. The first-order valence-electron chi connectivity index (χ1n) is 5.65. The van der Waals surface area contributed by atoms with Gasteiger partial charge < -0.3 is 14.5 Å². The summed E-state index contributed by atoms with van der Waals surface area (Å²) in [6.07, 6.45) is 0.242. The number of aliphatic hydroxyl groups is 1. The SMILES string of the molecule is CN(C)/N=C/c1ccc(C(O)C(=O)c2cccs2)o1. The van der Waals surface area contributed by atoms with E-state index in [1.807, 2.05) is 0 Å². The van der Waals surface area contributed by atoms with Crippen molar-refractivity contribution in [2.24, 2.45) is 5.10 Å². The van der Waals surface area contributed by atoms with Crippen LogP contribution in [0, 0.1) is 0 Å². The summed E-state index contributed by atoms with van der Waals surface area (Å²) >= 11 is 1.29. The second-order valence-corrected chi connectivity index (χ2v) is 5.02. The molecule has 0 aliphatic rings. The zero-order valence-corrected chi connectivity index (χ0v) is 11.4. The number of aliphatic hydroxyl groups excluding tert-OH is 1. The topological polar surface area (TPSA) is 66.0 Å². The Hall–Kier alpha value is -1.92. The molecular formula is C13H14N2O3S. The number of hydrogen-bond donors (Lipinski definition) is 1. The number of Topliss-reactive ketones (excluding diaryl/α,β-unsaturated/α-hetero) is 1. The van der Waals surface area contributed by atoms with Crippen LogP contribution < -0.4 is 0 Å². The normalized spacial score (nSPS) is 12.8. The largest absolute Gasteiger partial charge is 0.457 e. The fourth-order valence-corrected chi connectivity index (χ4v) is 2.13. The van der Waals surface area contributed by atoms with Crippen LogP contribution in [-0.2, 0) is 0 Å². The van der Waals surface area contributed by atoms with Gasteiger partial charge in [-0.1, -0.05) is 6.07 Å². The van der Waals surface area contributed by atoms with E-state index in [1.165, 1.54) is 17.6 Å². The van der Waals surface area contributed by atoms with Crippen molar-refractivity contribution < 1.29 is 14.3 Å². The van der Waals surface area contributed by atoms with Crippen molar-refractivity contribution in [2.45, 2.75) is 6.10 Å². The monoisotopic (exact) mass is 278 g/mol. The molecule has 2 rings (SSSR count). The Morgan fingerprint density at radius 3 is 2.89 bits per heavy atom. The van der Waals surface area contributed by atoms with Crippen LogP contribution in [0.1, 0.15) is 27.3 Å². The van der Waals surface area contributed by atoms with Crippen molar-refractivity contribution in [3.05, 3.63) is 46.0 Å². The minimum absolute atomic E-state index is 0.221. The Kier molecular flexibility index (Phi) is 4.13. The molecule has 0 amide bonds. The first-order chi connectivity index (χ1) is 9.08. The van der Waals surface area contributed by atoms with Gasteiger partial charge in [0.15, 0.2) is 6.10 Å². The molecule has 2 heterocycles. The molecular weight excluding hydrogens is 264 g/mol. The van der Waals surface area contributed by atoms with Crippen LogP contribution >= 0.6 is 11.3 Å². The maximum atomic E-state index is 11.9. The number of thiophene rings is 1. The van der Waals surface area contributed by atoms with Crippen LogP contribution in [-0.4, -0.2) is 36.2 Å². The van der Waals surface area contributed by atoms with E-state index in [1.54, 1.807) is 48.7 Å². The molecule has 2 aromatic rings. The van der Waals surface area contributed by atoms with Gasteiger partial charge in [-0.2, -0.15) is 5.10 Å². The van der Waals surface area contributed by atoms with E-state index >= 15 is 0 Å². The van der Waals surface area contributed by atoms with Gasteiger partial charge in [0.05, 0.1) is 11.1 Å². The van der Waals surface area contributed by atoms with E-state index in [9.17, 15) is 9.90 Å². The van der Waals surface area contributed by atoms with Crippen LogP contribution in [0.4, 0.5) is 0 Å². The van der Waals surface area contributed by atoms with Gasteiger partial charge in [0, 0.05) is 14.1 Å². The number of furan rings is 1. The smallest absolute Gasteiger partial charge is 0.208 e. The van der Waals surface area contributed by atoms with Crippen LogP contribution in [0.3, 0.4) is 0 Å². The Bertz CT molecular complexity index is 572. The second-order valence-electron chi connectivity index (χ2n) is 4.08. The summed E-state index contributed by atoms with van der Waals surface area (Å²) in [5.41, 5.74) is 0. The summed E-state index contributed by atoms with van der Waals surface area (Å²) in [6, 6.07) is 6.68. The summed E-state index contributed by atoms with van der Waals surface area (Å²) in [5, 5.41) is 17.4. The molecule has 0 saturated carbocycles. The Labute approximate surface area is 114 Å². The number of hydrogen-bond acceptors (Lipinski definition) is 6. The molecule has 1 atom stereocenters. The van der Waals surface area contributed by atoms with Gasteiger partial charge in [-0.15, -0.1) is 11.3 Å². The lowest BCUT2D eigenvalue weighted by Gasteiger charge is -2.04. The van der Waals surface area contributed by atoms with Crippen molar-refractivity contribution in [1.29, 1.82) is 0 Å². The van der Waals surface area contributed by atoms with Crippen molar-refractivity contribution in [3.63, 3.8) is 0 Å². The molecule has 1 unspecified atom stereocenters. The highest BCUT2D eigenvalue weighted by atomic mass is 32.1. The van der Waals surface area contributed by atoms with Gasteiger partial charge in [-0.25, -0.2) is 0 Å². The van der Waals surface area contributed by atoms with E-state index < -0.39 is 6.10 Å². The maximum Gasteiger partial charge on any atom is 0.208 e. The molecule has 0 spiro atoms. The molecule has 0 radical (unpaired) electrons. The summed E-state index contributed by atoms with van der Waals surface area (Å²) in [6.45, 7) is 0. The molecule has 0 saturated heterocycles. The molecule has 5 nitrogen and oxygen atoms in total. The molecule has 0 fully saturated rings. The first-order valence-corrected chi connectivity index (χ1v) is 6.52. The van der Waals surface area contributed by atoms with Crippen LogP contribution in [0.15, 0.2) is 39.2 Å². The van der Waals surface area contributed by atoms with Crippen LogP contribution in [0.25, 0.3) is 0 Å². The van der Waals surface area contributed by atoms with Gasteiger partial charge >= 0.3 is 0 Å². The Morgan fingerprint density at radius 1 is 1.47 bits per heavy atom. The van der Waals surface area contributed by atoms with Crippen molar-refractivity contribution in [1.82, 2.24) is 5.01 Å².